The van der Waals surface area contributed by atoms with E-state index in [1.54, 1.807) is 0 Å². The molecule has 26 heavy (non-hydrogen) atoms. The maximum absolute atomic E-state index is 9.01. The third kappa shape index (κ3) is 18.4. The van der Waals surface area contributed by atoms with E-state index in [2.05, 4.69) is 30.9 Å². The zero-order chi connectivity index (χ0) is 19.3. The Balaban J connectivity index is 3.42. The van der Waals surface area contributed by atoms with Gasteiger partial charge in [0.05, 0.1) is 13.2 Å². The van der Waals surface area contributed by atoms with Crippen molar-refractivity contribution in [3.05, 3.63) is 12.2 Å². The maximum atomic E-state index is 9.01. The van der Waals surface area contributed by atoms with Gasteiger partial charge in [0.1, 0.15) is 0 Å². The quantitative estimate of drug-likeness (QED) is 0.218. The molecule has 2 N–H and O–H groups in total. The fourth-order valence-corrected chi connectivity index (χ4v) is 3.45. The van der Waals surface area contributed by atoms with Crippen LogP contribution in [0.15, 0.2) is 12.2 Å². The van der Waals surface area contributed by atoms with Crippen molar-refractivity contribution in [2.24, 2.45) is 5.92 Å². The lowest BCUT2D eigenvalue weighted by Crippen LogP contribution is -2.30. The van der Waals surface area contributed by atoms with Crippen molar-refractivity contribution in [1.29, 1.82) is 0 Å². The first-order valence-electron chi connectivity index (χ1n) is 11.3. The normalized spacial score (nSPS) is 13.1. The summed E-state index contributed by atoms with van der Waals surface area (Å²) in [6, 6.07) is 0. The molecule has 0 aromatic heterocycles. The molecular formula is C23H47NO2. The van der Waals surface area contributed by atoms with Crippen LogP contribution >= 0.6 is 0 Å². The first kappa shape index (κ1) is 25.6. The minimum absolute atomic E-state index is 0.183. The molecule has 0 spiro atoms. The van der Waals surface area contributed by atoms with Gasteiger partial charge in [0.15, 0.2) is 0 Å². The molecule has 0 aromatic rings. The SMILES string of the molecule is CCCCCCCCC=CCCCC(C)CCCCN(CCO)CCO. The molecule has 1 unspecified atom stereocenters. The minimum Gasteiger partial charge on any atom is -0.395 e. The van der Waals surface area contributed by atoms with E-state index in [-0.39, 0.29) is 13.2 Å². The zero-order valence-electron chi connectivity index (χ0n) is 17.8. The van der Waals surface area contributed by atoms with Crippen LogP contribution in [0.25, 0.3) is 0 Å². The van der Waals surface area contributed by atoms with Crippen molar-refractivity contribution in [2.75, 3.05) is 32.8 Å². The molecule has 0 aliphatic rings. The van der Waals surface area contributed by atoms with Crippen LogP contribution in [-0.4, -0.2) is 48.0 Å². The molecule has 0 bridgehead atoms. The van der Waals surface area contributed by atoms with Gasteiger partial charge in [-0.1, -0.05) is 77.4 Å². The predicted octanol–water partition coefficient (Wildman–Crippen LogP) is 5.56. The van der Waals surface area contributed by atoms with Gasteiger partial charge < -0.3 is 10.2 Å². The summed E-state index contributed by atoms with van der Waals surface area (Å²) in [6.07, 6.45) is 22.0. The van der Waals surface area contributed by atoms with Crippen molar-refractivity contribution in [3.63, 3.8) is 0 Å². The molecular weight excluding hydrogens is 322 g/mol. The molecule has 3 nitrogen and oxygen atoms in total. The van der Waals surface area contributed by atoms with Gasteiger partial charge >= 0.3 is 0 Å². The molecule has 0 saturated heterocycles. The Hall–Kier alpha value is -0.380. The van der Waals surface area contributed by atoms with E-state index in [9.17, 15) is 0 Å². The van der Waals surface area contributed by atoms with Crippen molar-refractivity contribution < 1.29 is 10.2 Å². The third-order valence-electron chi connectivity index (χ3n) is 5.21. The highest BCUT2D eigenvalue weighted by Crippen LogP contribution is 2.16. The number of allylic oxidation sites excluding steroid dienone is 2. The summed E-state index contributed by atoms with van der Waals surface area (Å²) in [5.41, 5.74) is 0. The number of aliphatic hydroxyl groups is 2. The summed E-state index contributed by atoms with van der Waals surface area (Å²) in [5, 5.41) is 18.0. The van der Waals surface area contributed by atoms with Crippen LogP contribution in [0, 0.1) is 5.92 Å². The van der Waals surface area contributed by atoms with E-state index in [0.29, 0.717) is 13.1 Å². The monoisotopic (exact) mass is 369 g/mol. The summed E-state index contributed by atoms with van der Waals surface area (Å²) in [6.45, 7) is 7.37. The van der Waals surface area contributed by atoms with E-state index in [4.69, 9.17) is 10.2 Å². The van der Waals surface area contributed by atoms with Gasteiger partial charge in [-0.15, -0.1) is 0 Å². The lowest BCUT2D eigenvalue weighted by atomic mass is 9.97. The topological polar surface area (TPSA) is 43.7 Å². The van der Waals surface area contributed by atoms with Gasteiger partial charge in [0.25, 0.3) is 0 Å². The summed E-state index contributed by atoms with van der Waals surface area (Å²) in [7, 11) is 0. The smallest absolute Gasteiger partial charge is 0.0558 e. The summed E-state index contributed by atoms with van der Waals surface area (Å²) in [4.78, 5) is 2.15. The van der Waals surface area contributed by atoms with E-state index in [1.165, 1.54) is 83.5 Å². The molecule has 0 aliphatic heterocycles. The highest BCUT2D eigenvalue weighted by atomic mass is 16.3. The molecule has 156 valence electrons. The van der Waals surface area contributed by atoms with Crippen LogP contribution in [-0.2, 0) is 0 Å². The fourth-order valence-electron chi connectivity index (χ4n) is 3.45. The second-order valence-electron chi connectivity index (χ2n) is 7.85. The molecule has 0 heterocycles. The van der Waals surface area contributed by atoms with Crippen LogP contribution in [0.4, 0.5) is 0 Å². The number of aliphatic hydroxyl groups excluding tert-OH is 2. The van der Waals surface area contributed by atoms with Crippen LogP contribution in [0.5, 0.6) is 0 Å². The van der Waals surface area contributed by atoms with E-state index in [0.717, 1.165) is 12.5 Å². The van der Waals surface area contributed by atoms with Crippen LogP contribution in [0.1, 0.15) is 97.3 Å². The number of hydrogen-bond acceptors (Lipinski definition) is 3. The van der Waals surface area contributed by atoms with Crippen molar-refractivity contribution in [2.45, 2.75) is 97.3 Å². The lowest BCUT2D eigenvalue weighted by molar-refractivity contribution is 0.158. The first-order valence-corrected chi connectivity index (χ1v) is 11.3. The molecule has 0 radical (unpaired) electrons. The van der Waals surface area contributed by atoms with E-state index in [1.807, 2.05) is 0 Å². The Bertz CT molecular complexity index is 288. The zero-order valence-corrected chi connectivity index (χ0v) is 17.8. The molecule has 0 aliphatic carbocycles. The van der Waals surface area contributed by atoms with Gasteiger partial charge in [-0.05, 0) is 44.6 Å². The average molecular weight is 370 g/mol. The maximum Gasteiger partial charge on any atom is 0.0558 e. The van der Waals surface area contributed by atoms with Gasteiger partial charge in [0.2, 0.25) is 0 Å². The third-order valence-corrected chi connectivity index (χ3v) is 5.21. The molecule has 0 amide bonds. The minimum atomic E-state index is 0.183. The molecule has 0 saturated carbocycles. The largest absolute Gasteiger partial charge is 0.395 e. The molecule has 3 heteroatoms. The highest BCUT2D eigenvalue weighted by Gasteiger charge is 2.05. The fraction of sp³-hybridized carbons (Fsp3) is 0.913. The average Bonchev–Trinajstić information content (AvgIpc) is 2.63. The molecule has 0 rings (SSSR count). The van der Waals surface area contributed by atoms with Crippen LogP contribution < -0.4 is 0 Å². The Morgan fingerprint density at radius 2 is 1.27 bits per heavy atom. The number of hydrogen-bond donors (Lipinski definition) is 2. The Morgan fingerprint density at radius 1 is 0.692 bits per heavy atom. The first-order chi connectivity index (χ1) is 12.7. The number of nitrogens with zero attached hydrogens (tertiary/aromatic N) is 1. The van der Waals surface area contributed by atoms with Crippen LogP contribution in [0.2, 0.25) is 0 Å². The van der Waals surface area contributed by atoms with E-state index >= 15 is 0 Å². The van der Waals surface area contributed by atoms with Crippen LogP contribution in [0.3, 0.4) is 0 Å². The predicted molar refractivity (Wildman–Crippen MR) is 115 cm³/mol. The van der Waals surface area contributed by atoms with Gasteiger partial charge in [-0.3, -0.25) is 4.90 Å². The number of unbranched alkanes of at least 4 members (excludes halogenated alkanes) is 8. The van der Waals surface area contributed by atoms with Gasteiger partial charge in [-0.2, -0.15) is 0 Å². The standard InChI is InChI=1S/C23H47NO2/c1-3-4-5-6-7-8-9-10-11-12-13-16-23(2)17-14-15-18-24(19-21-25)20-22-26/h10-11,23,25-26H,3-9,12-22H2,1-2H3. The lowest BCUT2D eigenvalue weighted by Gasteiger charge is -2.20. The summed E-state index contributed by atoms with van der Waals surface area (Å²) >= 11 is 0. The van der Waals surface area contributed by atoms with Crippen molar-refractivity contribution >= 4 is 0 Å². The Labute approximate surface area is 163 Å². The number of rotatable bonds is 20. The van der Waals surface area contributed by atoms with Crippen molar-refractivity contribution in [1.82, 2.24) is 4.90 Å². The second kappa shape index (κ2) is 20.9. The Kier molecular flexibility index (Phi) is 20.6. The summed E-state index contributed by atoms with van der Waals surface area (Å²) < 4.78 is 0. The van der Waals surface area contributed by atoms with Crippen molar-refractivity contribution in [3.8, 4) is 0 Å². The Morgan fingerprint density at radius 3 is 1.92 bits per heavy atom. The second-order valence-corrected chi connectivity index (χ2v) is 7.85. The van der Waals surface area contributed by atoms with Gasteiger partial charge in [0, 0.05) is 13.1 Å². The van der Waals surface area contributed by atoms with E-state index < -0.39 is 0 Å². The van der Waals surface area contributed by atoms with Gasteiger partial charge in [-0.25, -0.2) is 0 Å². The molecule has 1 atom stereocenters. The molecule has 0 fully saturated rings. The summed E-state index contributed by atoms with van der Waals surface area (Å²) in [5.74, 6) is 0.811. The molecule has 0 aromatic carbocycles. The highest BCUT2D eigenvalue weighted by molar-refractivity contribution is 4.81.